The average Bonchev–Trinajstić information content (AvgIpc) is 2.89. The molecule has 20 heavy (non-hydrogen) atoms. The molecule has 2 heterocycles. The molecule has 0 bridgehead atoms. The number of rotatable bonds is 3. The number of aromatic nitrogens is 1. The van der Waals surface area contributed by atoms with E-state index in [-0.39, 0.29) is 5.97 Å². The molecule has 0 unspecified atom stereocenters. The lowest BCUT2D eigenvalue weighted by atomic mass is 10.1. The maximum Gasteiger partial charge on any atom is 0.339 e. The lowest BCUT2D eigenvalue weighted by Gasteiger charge is -2.14. The Kier molecular flexibility index (Phi) is 3.48. The molecule has 3 rings (SSSR count). The van der Waals surface area contributed by atoms with Crippen LogP contribution in [0.4, 0.5) is 0 Å². The van der Waals surface area contributed by atoms with E-state index in [2.05, 4.69) is 38.9 Å². The first-order chi connectivity index (χ1) is 9.76. The van der Waals surface area contributed by atoms with E-state index in [0.717, 1.165) is 25.3 Å². The molecule has 2 aromatic rings. The highest BCUT2D eigenvalue weighted by Crippen LogP contribution is 2.23. The number of carbonyl (C=O) groups is 1. The van der Waals surface area contributed by atoms with Crippen molar-refractivity contribution in [1.82, 2.24) is 9.88 Å². The minimum absolute atomic E-state index is 0.349. The first-order valence-electron chi connectivity index (χ1n) is 6.58. The van der Waals surface area contributed by atoms with Gasteiger partial charge in [0.2, 0.25) is 0 Å². The molecule has 1 aromatic carbocycles. The Hall–Kier alpha value is -2.20. The summed E-state index contributed by atoms with van der Waals surface area (Å²) in [4.78, 5) is 18.0. The number of pyridine rings is 1. The van der Waals surface area contributed by atoms with Crippen molar-refractivity contribution in [3.63, 3.8) is 0 Å². The van der Waals surface area contributed by atoms with E-state index in [0.29, 0.717) is 5.56 Å². The third kappa shape index (κ3) is 2.56. The van der Waals surface area contributed by atoms with Gasteiger partial charge in [-0.2, -0.15) is 0 Å². The van der Waals surface area contributed by atoms with Crippen LogP contribution < -0.4 is 0 Å². The van der Waals surface area contributed by atoms with Gasteiger partial charge >= 0.3 is 5.97 Å². The minimum Gasteiger partial charge on any atom is -0.465 e. The van der Waals surface area contributed by atoms with Gasteiger partial charge in [-0.05, 0) is 23.3 Å². The van der Waals surface area contributed by atoms with Gasteiger partial charge in [0.05, 0.1) is 18.4 Å². The fraction of sp³-hybridized carbons (Fsp3) is 0.250. The molecular formula is C16H16N2O2. The van der Waals surface area contributed by atoms with Gasteiger partial charge in [0.15, 0.2) is 0 Å². The molecule has 0 amide bonds. The molecule has 1 aliphatic rings. The molecule has 0 N–H and O–H groups in total. The highest BCUT2D eigenvalue weighted by Gasteiger charge is 2.18. The van der Waals surface area contributed by atoms with Gasteiger partial charge in [0.25, 0.3) is 0 Å². The van der Waals surface area contributed by atoms with Gasteiger partial charge in [0.1, 0.15) is 0 Å². The number of methoxy groups -OCH3 is 1. The second kappa shape index (κ2) is 5.43. The van der Waals surface area contributed by atoms with Crippen LogP contribution in [-0.4, -0.2) is 23.0 Å². The zero-order valence-electron chi connectivity index (χ0n) is 11.4. The van der Waals surface area contributed by atoms with Gasteiger partial charge in [0, 0.05) is 25.8 Å². The second-order valence-electron chi connectivity index (χ2n) is 4.94. The van der Waals surface area contributed by atoms with Gasteiger partial charge in [-0.25, -0.2) is 4.79 Å². The largest absolute Gasteiger partial charge is 0.465 e. The van der Waals surface area contributed by atoms with E-state index >= 15 is 0 Å². The predicted octanol–water partition coefficient (Wildman–Crippen LogP) is 2.38. The average molecular weight is 268 g/mol. The molecule has 0 radical (unpaired) electrons. The molecule has 0 fully saturated rings. The fourth-order valence-corrected chi connectivity index (χ4v) is 2.50. The Morgan fingerprint density at radius 2 is 1.90 bits per heavy atom. The molecule has 102 valence electrons. The van der Waals surface area contributed by atoms with Crippen molar-refractivity contribution in [2.75, 3.05) is 7.11 Å². The number of hydrogen-bond acceptors (Lipinski definition) is 4. The van der Waals surface area contributed by atoms with Crippen LogP contribution in [0.15, 0.2) is 42.6 Å². The number of benzene rings is 1. The molecule has 4 nitrogen and oxygen atoms in total. The van der Waals surface area contributed by atoms with Crippen molar-refractivity contribution in [3.8, 4) is 0 Å². The molecule has 0 saturated heterocycles. The van der Waals surface area contributed by atoms with Crippen LogP contribution >= 0.6 is 0 Å². The van der Waals surface area contributed by atoms with Crippen LogP contribution in [0.2, 0.25) is 0 Å². The minimum atomic E-state index is -0.349. The van der Waals surface area contributed by atoms with E-state index in [9.17, 15) is 4.79 Å². The first kappa shape index (κ1) is 12.8. The lowest BCUT2D eigenvalue weighted by molar-refractivity contribution is 0.0600. The normalized spacial score (nSPS) is 14.1. The monoisotopic (exact) mass is 268 g/mol. The zero-order chi connectivity index (χ0) is 13.9. The molecule has 4 heteroatoms. The van der Waals surface area contributed by atoms with Crippen LogP contribution in [-0.2, 0) is 24.4 Å². The topological polar surface area (TPSA) is 42.4 Å². The number of esters is 1. The molecular weight excluding hydrogens is 252 g/mol. The number of hydrogen-bond donors (Lipinski definition) is 0. The highest BCUT2D eigenvalue weighted by molar-refractivity contribution is 5.88. The number of fused-ring (bicyclic) bond motifs is 1. The first-order valence-corrected chi connectivity index (χ1v) is 6.58. The molecule has 0 atom stereocenters. The summed E-state index contributed by atoms with van der Waals surface area (Å²) in [5.74, 6) is -0.349. The summed E-state index contributed by atoms with van der Waals surface area (Å²) in [6.45, 7) is 2.70. The smallest absolute Gasteiger partial charge is 0.339 e. The SMILES string of the molecule is COC(=O)c1ccc(CN2Cc3ccccc3C2)nc1. The van der Waals surface area contributed by atoms with Crippen molar-refractivity contribution in [2.24, 2.45) is 0 Å². The summed E-state index contributed by atoms with van der Waals surface area (Å²) >= 11 is 0. The van der Waals surface area contributed by atoms with Crippen LogP contribution in [0.3, 0.4) is 0 Å². The molecule has 1 aliphatic heterocycles. The van der Waals surface area contributed by atoms with Crippen molar-refractivity contribution in [3.05, 3.63) is 65.0 Å². The van der Waals surface area contributed by atoms with Crippen molar-refractivity contribution in [2.45, 2.75) is 19.6 Å². The van der Waals surface area contributed by atoms with Gasteiger partial charge in [-0.1, -0.05) is 24.3 Å². The van der Waals surface area contributed by atoms with Crippen molar-refractivity contribution < 1.29 is 9.53 Å². The maximum absolute atomic E-state index is 11.3. The van der Waals surface area contributed by atoms with Gasteiger partial charge < -0.3 is 4.74 Å². The van der Waals surface area contributed by atoms with Crippen LogP contribution in [0, 0.1) is 0 Å². The second-order valence-corrected chi connectivity index (χ2v) is 4.94. The van der Waals surface area contributed by atoms with Gasteiger partial charge in [-0.3, -0.25) is 9.88 Å². The van der Waals surface area contributed by atoms with Crippen LogP contribution in [0.25, 0.3) is 0 Å². The zero-order valence-corrected chi connectivity index (χ0v) is 11.4. The quantitative estimate of drug-likeness (QED) is 0.802. The Labute approximate surface area is 118 Å². The predicted molar refractivity (Wildman–Crippen MR) is 75.0 cm³/mol. The summed E-state index contributed by atoms with van der Waals surface area (Å²) in [5, 5.41) is 0. The van der Waals surface area contributed by atoms with Crippen molar-refractivity contribution >= 4 is 5.97 Å². The van der Waals surface area contributed by atoms with Crippen molar-refractivity contribution in [1.29, 1.82) is 0 Å². The Balaban J connectivity index is 1.66. The number of carbonyl (C=O) groups excluding carboxylic acids is 1. The van der Waals surface area contributed by atoms with E-state index in [1.165, 1.54) is 18.2 Å². The Morgan fingerprint density at radius 1 is 1.20 bits per heavy atom. The molecule has 0 aliphatic carbocycles. The number of ether oxygens (including phenoxy) is 1. The van der Waals surface area contributed by atoms with E-state index in [1.807, 2.05) is 6.07 Å². The summed E-state index contributed by atoms with van der Waals surface area (Å²) in [5.41, 5.74) is 4.23. The third-order valence-corrected chi connectivity index (χ3v) is 3.54. The molecule has 0 spiro atoms. The van der Waals surface area contributed by atoms with E-state index in [4.69, 9.17) is 0 Å². The Morgan fingerprint density at radius 3 is 2.45 bits per heavy atom. The van der Waals surface area contributed by atoms with E-state index in [1.54, 1.807) is 12.3 Å². The van der Waals surface area contributed by atoms with Crippen LogP contribution in [0.5, 0.6) is 0 Å². The standard InChI is InChI=1S/C16H16N2O2/c1-20-16(19)12-6-7-15(17-8-12)11-18-9-13-4-2-3-5-14(13)10-18/h2-8H,9-11H2,1H3. The van der Waals surface area contributed by atoms with Gasteiger partial charge in [-0.15, -0.1) is 0 Å². The highest BCUT2D eigenvalue weighted by atomic mass is 16.5. The Bertz CT molecular complexity index is 598. The summed E-state index contributed by atoms with van der Waals surface area (Å²) in [6, 6.07) is 12.1. The molecule has 0 saturated carbocycles. The summed E-state index contributed by atoms with van der Waals surface area (Å²) in [7, 11) is 1.37. The lowest BCUT2D eigenvalue weighted by Crippen LogP contribution is -2.16. The van der Waals surface area contributed by atoms with E-state index < -0.39 is 0 Å². The summed E-state index contributed by atoms with van der Waals surface area (Å²) in [6.07, 6.45) is 1.57. The van der Waals surface area contributed by atoms with Crippen LogP contribution in [0.1, 0.15) is 27.2 Å². The molecule has 1 aromatic heterocycles. The third-order valence-electron chi connectivity index (χ3n) is 3.54. The summed E-state index contributed by atoms with van der Waals surface area (Å²) < 4.78 is 4.66. The number of nitrogens with zero attached hydrogens (tertiary/aromatic N) is 2. The maximum atomic E-state index is 11.3. The fourth-order valence-electron chi connectivity index (χ4n) is 2.50.